The quantitative estimate of drug-likeness (QED) is 0.830. The minimum atomic E-state index is -0.201. The molecule has 0 radical (unpaired) electrons. The Kier molecular flexibility index (Phi) is 6.13. The van der Waals surface area contributed by atoms with Gasteiger partial charge in [0.1, 0.15) is 11.5 Å². The number of aromatic nitrogens is 1. The molecule has 1 aliphatic rings. The van der Waals surface area contributed by atoms with E-state index >= 15 is 0 Å². The zero-order chi connectivity index (χ0) is 19.4. The highest BCUT2D eigenvalue weighted by molar-refractivity contribution is 6.38. The second kappa shape index (κ2) is 8.54. The zero-order valence-electron chi connectivity index (χ0n) is 15.0. The van der Waals surface area contributed by atoms with Crippen molar-refractivity contribution in [2.24, 2.45) is 0 Å². The van der Waals surface area contributed by atoms with Crippen LogP contribution in [-0.2, 0) is 0 Å². The number of benzene rings is 1. The molecule has 2 aromatic rings. The second-order valence-corrected chi connectivity index (χ2v) is 6.74. The lowest BCUT2D eigenvalue weighted by Crippen LogP contribution is -2.50. The molecule has 0 unspecified atom stereocenters. The van der Waals surface area contributed by atoms with Gasteiger partial charge in [0.2, 0.25) is 0 Å². The molecule has 1 N–H and O–H groups in total. The molecule has 2 heterocycles. The van der Waals surface area contributed by atoms with Gasteiger partial charge in [-0.3, -0.25) is 4.98 Å². The van der Waals surface area contributed by atoms with E-state index in [4.69, 9.17) is 32.7 Å². The van der Waals surface area contributed by atoms with Gasteiger partial charge < -0.3 is 24.6 Å². The van der Waals surface area contributed by atoms with Crippen molar-refractivity contribution >= 4 is 40.6 Å². The van der Waals surface area contributed by atoms with Gasteiger partial charge in [-0.1, -0.05) is 23.2 Å². The number of carbonyl (C=O) groups is 1. The van der Waals surface area contributed by atoms with Crippen LogP contribution in [0.2, 0.25) is 10.0 Å². The molecule has 3 rings (SSSR count). The topological polar surface area (TPSA) is 66.9 Å². The molecule has 7 nitrogen and oxygen atoms in total. The summed E-state index contributed by atoms with van der Waals surface area (Å²) in [6.45, 7) is 2.30. The molecule has 9 heteroatoms. The SMILES string of the molecule is COc1ccc(OC)c(NC(=O)N2CCN(c3c(Cl)cncc3Cl)CC2)c1. The van der Waals surface area contributed by atoms with Crippen LogP contribution in [0.25, 0.3) is 0 Å². The summed E-state index contributed by atoms with van der Waals surface area (Å²) in [6.07, 6.45) is 3.13. The Morgan fingerprint density at radius 2 is 1.74 bits per heavy atom. The number of carbonyl (C=O) groups excluding carboxylic acids is 1. The molecule has 1 saturated heterocycles. The molecular weight excluding hydrogens is 391 g/mol. The summed E-state index contributed by atoms with van der Waals surface area (Å²) >= 11 is 12.4. The van der Waals surface area contributed by atoms with Crippen LogP contribution in [0.4, 0.5) is 16.2 Å². The summed E-state index contributed by atoms with van der Waals surface area (Å²) in [5.41, 5.74) is 1.31. The van der Waals surface area contributed by atoms with Gasteiger partial charge in [0.05, 0.1) is 35.6 Å². The lowest BCUT2D eigenvalue weighted by Gasteiger charge is -2.36. The fourth-order valence-corrected chi connectivity index (χ4v) is 3.55. The number of hydrogen-bond acceptors (Lipinski definition) is 5. The molecule has 1 aromatic carbocycles. The average molecular weight is 411 g/mol. The molecule has 144 valence electrons. The summed E-state index contributed by atoms with van der Waals surface area (Å²) in [7, 11) is 3.13. The standard InChI is InChI=1S/C18H20Cl2N4O3/c1-26-12-3-4-16(27-2)15(9-12)22-18(25)24-7-5-23(6-8-24)17-13(19)10-21-11-14(17)20/h3-4,9-11H,5-8H2,1-2H3,(H,22,25). The van der Waals surface area contributed by atoms with Crippen molar-refractivity contribution in [1.82, 2.24) is 9.88 Å². The maximum Gasteiger partial charge on any atom is 0.322 e. The molecular formula is C18H20Cl2N4O3. The van der Waals surface area contributed by atoms with Crippen molar-refractivity contribution < 1.29 is 14.3 Å². The maximum atomic E-state index is 12.7. The fourth-order valence-electron chi connectivity index (χ4n) is 2.95. The molecule has 0 bridgehead atoms. The Morgan fingerprint density at radius 3 is 2.33 bits per heavy atom. The van der Waals surface area contributed by atoms with Crippen molar-refractivity contribution in [3.63, 3.8) is 0 Å². The first-order valence-electron chi connectivity index (χ1n) is 8.35. The molecule has 1 aliphatic heterocycles. The monoisotopic (exact) mass is 410 g/mol. The molecule has 27 heavy (non-hydrogen) atoms. The second-order valence-electron chi connectivity index (χ2n) is 5.92. The van der Waals surface area contributed by atoms with Gasteiger partial charge in [-0.15, -0.1) is 0 Å². The smallest absolute Gasteiger partial charge is 0.322 e. The number of rotatable bonds is 4. The first kappa shape index (κ1) is 19.4. The van der Waals surface area contributed by atoms with Gasteiger partial charge in [-0.05, 0) is 12.1 Å². The molecule has 0 spiro atoms. The van der Waals surface area contributed by atoms with E-state index < -0.39 is 0 Å². The molecule has 1 fully saturated rings. The number of amides is 2. The molecule has 0 aliphatic carbocycles. The van der Waals surface area contributed by atoms with Crippen LogP contribution in [0.1, 0.15) is 0 Å². The third-order valence-electron chi connectivity index (χ3n) is 4.36. The van der Waals surface area contributed by atoms with E-state index in [0.29, 0.717) is 53.4 Å². The average Bonchev–Trinajstić information content (AvgIpc) is 2.68. The van der Waals surface area contributed by atoms with Gasteiger partial charge in [0.25, 0.3) is 0 Å². The summed E-state index contributed by atoms with van der Waals surface area (Å²) < 4.78 is 10.5. The van der Waals surface area contributed by atoms with Gasteiger partial charge >= 0.3 is 6.03 Å². The van der Waals surface area contributed by atoms with Crippen LogP contribution < -0.4 is 19.7 Å². The number of piperazine rings is 1. The molecule has 2 amide bonds. The highest BCUT2D eigenvalue weighted by Crippen LogP contribution is 2.33. The van der Waals surface area contributed by atoms with Crippen LogP contribution in [0, 0.1) is 0 Å². The number of halogens is 2. The van der Waals surface area contributed by atoms with Crippen molar-refractivity contribution in [2.45, 2.75) is 0 Å². The Labute approximate surface area is 167 Å². The fraction of sp³-hybridized carbons (Fsp3) is 0.333. The van der Waals surface area contributed by atoms with Crippen molar-refractivity contribution in [3.05, 3.63) is 40.6 Å². The number of hydrogen-bond donors (Lipinski definition) is 1. The number of nitrogens with one attached hydrogen (secondary N) is 1. The van der Waals surface area contributed by atoms with E-state index in [2.05, 4.69) is 15.2 Å². The van der Waals surface area contributed by atoms with Crippen LogP contribution in [0.3, 0.4) is 0 Å². The lowest BCUT2D eigenvalue weighted by molar-refractivity contribution is 0.208. The summed E-state index contributed by atoms with van der Waals surface area (Å²) in [5, 5.41) is 3.89. The Balaban J connectivity index is 1.66. The highest BCUT2D eigenvalue weighted by Gasteiger charge is 2.24. The summed E-state index contributed by atoms with van der Waals surface area (Å²) in [4.78, 5) is 20.4. The van der Waals surface area contributed by atoms with Gasteiger partial charge in [-0.25, -0.2) is 4.79 Å². The zero-order valence-corrected chi connectivity index (χ0v) is 16.5. The predicted octanol–water partition coefficient (Wildman–Crippen LogP) is 3.76. The van der Waals surface area contributed by atoms with Gasteiger partial charge in [0.15, 0.2) is 0 Å². The number of pyridine rings is 1. The van der Waals surface area contributed by atoms with E-state index in [-0.39, 0.29) is 6.03 Å². The minimum absolute atomic E-state index is 0.201. The van der Waals surface area contributed by atoms with E-state index in [0.717, 1.165) is 5.69 Å². The molecule has 0 saturated carbocycles. The Morgan fingerprint density at radius 1 is 1.07 bits per heavy atom. The minimum Gasteiger partial charge on any atom is -0.497 e. The third kappa shape index (κ3) is 4.31. The van der Waals surface area contributed by atoms with E-state index in [1.54, 1.807) is 49.7 Å². The van der Waals surface area contributed by atoms with Gasteiger partial charge in [0, 0.05) is 44.6 Å². The van der Waals surface area contributed by atoms with Crippen molar-refractivity contribution in [1.29, 1.82) is 0 Å². The first-order valence-corrected chi connectivity index (χ1v) is 9.11. The van der Waals surface area contributed by atoms with Crippen LogP contribution in [0.5, 0.6) is 11.5 Å². The van der Waals surface area contributed by atoms with Crippen LogP contribution >= 0.6 is 23.2 Å². The first-order chi connectivity index (χ1) is 13.0. The van der Waals surface area contributed by atoms with E-state index in [1.165, 1.54) is 0 Å². The normalized spacial score (nSPS) is 14.1. The van der Waals surface area contributed by atoms with Crippen molar-refractivity contribution in [3.8, 4) is 11.5 Å². The van der Waals surface area contributed by atoms with Crippen LogP contribution in [-0.4, -0.2) is 56.3 Å². The van der Waals surface area contributed by atoms with E-state index in [1.807, 2.05) is 0 Å². The number of anilines is 2. The summed E-state index contributed by atoms with van der Waals surface area (Å²) in [6, 6.07) is 5.05. The number of ether oxygens (including phenoxy) is 2. The van der Waals surface area contributed by atoms with Crippen LogP contribution in [0.15, 0.2) is 30.6 Å². The largest absolute Gasteiger partial charge is 0.497 e. The Bertz CT molecular complexity index is 806. The van der Waals surface area contributed by atoms with Crippen molar-refractivity contribution in [2.75, 3.05) is 50.6 Å². The number of nitrogens with zero attached hydrogens (tertiary/aromatic N) is 3. The molecule has 0 atom stereocenters. The predicted molar refractivity (Wildman–Crippen MR) is 107 cm³/mol. The molecule has 1 aromatic heterocycles. The Hall–Kier alpha value is -2.38. The third-order valence-corrected chi connectivity index (χ3v) is 4.91. The van der Waals surface area contributed by atoms with E-state index in [9.17, 15) is 4.79 Å². The highest BCUT2D eigenvalue weighted by atomic mass is 35.5. The van der Waals surface area contributed by atoms with Gasteiger partial charge in [-0.2, -0.15) is 0 Å². The lowest BCUT2D eigenvalue weighted by atomic mass is 10.2. The number of urea groups is 1. The maximum absolute atomic E-state index is 12.7. The number of methoxy groups -OCH3 is 2. The summed E-state index contributed by atoms with van der Waals surface area (Å²) in [5.74, 6) is 1.20.